The number of aliphatic hydroxyl groups is 1. The third kappa shape index (κ3) is 3.29. The van der Waals surface area contributed by atoms with Crippen molar-refractivity contribution in [3.63, 3.8) is 0 Å². The summed E-state index contributed by atoms with van der Waals surface area (Å²) in [6.07, 6.45) is 7.20. The normalized spacial score (nSPS) is 20.8. The van der Waals surface area contributed by atoms with Crippen molar-refractivity contribution in [2.75, 3.05) is 5.32 Å². The molecule has 1 aliphatic carbocycles. The lowest BCUT2D eigenvalue weighted by Crippen LogP contribution is -2.29. The maximum absolute atomic E-state index is 14.1. The zero-order chi connectivity index (χ0) is 17.4. The van der Waals surface area contributed by atoms with Gasteiger partial charge in [0.25, 0.3) is 0 Å². The average Bonchev–Trinajstić information content (AvgIpc) is 3.02. The van der Waals surface area contributed by atoms with Gasteiger partial charge in [-0.1, -0.05) is 11.6 Å². The molecule has 1 saturated carbocycles. The minimum Gasteiger partial charge on any atom is -0.393 e. The molecule has 0 bridgehead atoms. The molecule has 3 aromatic rings. The molecule has 6 nitrogen and oxygen atoms in total. The SMILES string of the molecule is O[C@H]1CC[C@H](Nc2nc(-c3c[nH]c4ncc(Cl)cc34)ncc2F)CC1. The van der Waals surface area contributed by atoms with Gasteiger partial charge in [0.1, 0.15) is 5.65 Å². The number of anilines is 1. The zero-order valence-corrected chi connectivity index (χ0v) is 14.1. The van der Waals surface area contributed by atoms with Crippen molar-refractivity contribution in [1.82, 2.24) is 19.9 Å². The molecule has 25 heavy (non-hydrogen) atoms. The minimum atomic E-state index is -0.495. The Morgan fingerprint density at radius 2 is 2.00 bits per heavy atom. The van der Waals surface area contributed by atoms with Gasteiger partial charge in [-0.3, -0.25) is 0 Å². The first-order valence-corrected chi connectivity index (χ1v) is 8.58. The lowest BCUT2D eigenvalue weighted by Gasteiger charge is -2.26. The van der Waals surface area contributed by atoms with Crippen LogP contribution in [0, 0.1) is 5.82 Å². The first kappa shape index (κ1) is 16.2. The zero-order valence-electron chi connectivity index (χ0n) is 13.3. The molecule has 4 rings (SSSR count). The Hall–Kier alpha value is -2.25. The standard InChI is InChI=1S/C17H17ClFN5O/c18-9-5-12-13(7-21-15(12)20-6-9)16-22-8-14(19)17(24-16)23-10-1-3-11(25)4-2-10/h5-8,10-11,25H,1-4H2,(H,20,21)(H,22,23,24)/t10-,11-. The summed E-state index contributed by atoms with van der Waals surface area (Å²) in [5.41, 5.74) is 1.38. The number of aromatic amines is 1. The number of nitrogens with zero attached hydrogens (tertiary/aromatic N) is 3. The maximum Gasteiger partial charge on any atom is 0.183 e. The molecule has 3 aromatic heterocycles. The number of hydrogen-bond acceptors (Lipinski definition) is 5. The van der Waals surface area contributed by atoms with Gasteiger partial charge in [0, 0.05) is 29.4 Å². The van der Waals surface area contributed by atoms with Crippen LogP contribution < -0.4 is 5.32 Å². The van der Waals surface area contributed by atoms with Crippen LogP contribution in [0.1, 0.15) is 25.7 Å². The molecule has 0 amide bonds. The Kier molecular flexibility index (Phi) is 4.27. The van der Waals surface area contributed by atoms with Crippen molar-refractivity contribution in [2.24, 2.45) is 0 Å². The molecule has 0 radical (unpaired) electrons. The molecule has 0 saturated heterocycles. The summed E-state index contributed by atoms with van der Waals surface area (Å²) in [4.78, 5) is 15.7. The highest BCUT2D eigenvalue weighted by molar-refractivity contribution is 6.31. The number of fused-ring (bicyclic) bond motifs is 1. The van der Waals surface area contributed by atoms with Gasteiger partial charge in [-0.25, -0.2) is 19.3 Å². The van der Waals surface area contributed by atoms with Crippen LogP contribution in [0.4, 0.5) is 10.2 Å². The molecule has 3 heterocycles. The summed E-state index contributed by atoms with van der Waals surface area (Å²) in [7, 11) is 0. The Morgan fingerprint density at radius 3 is 2.80 bits per heavy atom. The van der Waals surface area contributed by atoms with Crippen LogP contribution in [0.2, 0.25) is 5.02 Å². The first-order valence-electron chi connectivity index (χ1n) is 8.20. The topological polar surface area (TPSA) is 86.7 Å². The van der Waals surface area contributed by atoms with Crippen LogP contribution in [-0.2, 0) is 0 Å². The van der Waals surface area contributed by atoms with E-state index in [2.05, 4.69) is 25.3 Å². The molecule has 130 valence electrons. The van der Waals surface area contributed by atoms with E-state index in [1.807, 2.05) is 0 Å². The first-order chi connectivity index (χ1) is 12.1. The number of hydrogen-bond donors (Lipinski definition) is 3. The van der Waals surface area contributed by atoms with E-state index >= 15 is 0 Å². The number of halogens is 2. The van der Waals surface area contributed by atoms with Gasteiger partial charge in [0.15, 0.2) is 17.5 Å². The third-order valence-corrected chi connectivity index (χ3v) is 4.73. The summed E-state index contributed by atoms with van der Waals surface area (Å²) >= 11 is 6.02. The van der Waals surface area contributed by atoms with Crippen molar-refractivity contribution in [3.8, 4) is 11.4 Å². The van der Waals surface area contributed by atoms with Crippen molar-refractivity contribution >= 4 is 28.5 Å². The highest BCUT2D eigenvalue weighted by atomic mass is 35.5. The quantitative estimate of drug-likeness (QED) is 0.664. The van der Waals surface area contributed by atoms with E-state index in [1.54, 1.807) is 18.5 Å². The summed E-state index contributed by atoms with van der Waals surface area (Å²) < 4.78 is 14.1. The van der Waals surface area contributed by atoms with E-state index in [0.717, 1.165) is 18.2 Å². The molecule has 0 aliphatic heterocycles. The van der Waals surface area contributed by atoms with Gasteiger partial charge in [-0.2, -0.15) is 0 Å². The lowest BCUT2D eigenvalue weighted by atomic mass is 9.93. The van der Waals surface area contributed by atoms with Gasteiger partial charge in [-0.15, -0.1) is 0 Å². The van der Waals surface area contributed by atoms with E-state index in [1.165, 1.54) is 6.20 Å². The van der Waals surface area contributed by atoms with Gasteiger partial charge in [0.2, 0.25) is 0 Å². The molecule has 3 N–H and O–H groups in total. The van der Waals surface area contributed by atoms with Gasteiger partial charge < -0.3 is 15.4 Å². The van der Waals surface area contributed by atoms with Crippen LogP contribution in [-0.4, -0.2) is 37.2 Å². The Balaban J connectivity index is 1.65. The van der Waals surface area contributed by atoms with Crippen molar-refractivity contribution in [2.45, 2.75) is 37.8 Å². The summed E-state index contributed by atoms with van der Waals surface area (Å²) in [5.74, 6) is 0.0802. The van der Waals surface area contributed by atoms with E-state index in [-0.39, 0.29) is 18.0 Å². The van der Waals surface area contributed by atoms with Crippen LogP contribution in [0.15, 0.2) is 24.7 Å². The number of rotatable bonds is 3. The largest absolute Gasteiger partial charge is 0.393 e. The number of aromatic nitrogens is 4. The van der Waals surface area contributed by atoms with Gasteiger partial charge >= 0.3 is 0 Å². The number of nitrogens with one attached hydrogen (secondary N) is 2. The molecule has 1 aliphatic rings. The fourth-order valence-corrected chi connectivity index (χ4v) is 3.33. The molecule has 0 aromatic carbocycles. The van der Waals surface area contributed by atoms with Gasteiger partial charge in [0.05, 0.1) is 17.3 Å². The van der Waals surface area contributed by atoms with Gasteiger partial charge in [-0.05, 0) is 31.7 Å². The Labute approximate surface area is 148 Å². The summed E-state index contributed by atoms with van der Waals surface area (Å²) in [5, 5.41) is 14.0. The summed E-state index contributed by atoms with van der Waals surface area (Å²) in [6, 6.07) is 1.87. The van der Waals surface area contributed by atoms with Crippen molar-refractivity contribution in [3.05, 3.63) is 35.5 Å². The number of H-pyrrole nitrogens is 1. The van der Waals surface area contributed by atoms with Crippen molar-refractivity contribution in [1.29, 1.82) is 0 Å². The second kappa shape index (κ2) is 6.57. The van der Waals surface area contributed by atoms with Crippen LogP contribution >= 0.6 is 11.6 Å². The Bertz CT molecular complexity index is 907. The highest BCUT2D eigenvalue weighted by Crippen LogP contribution is 2.29. The predicted octanol–water partition coefficient (Wildman–Crippen LogP) is 3.53. The lowest BCUT2D eigenvalue weighted by molar-refractivity contribution is 0.126. The second-order valence-electron chi connectivity index (χ2n) is 6.29. The fourth-order valence-electron chi connectivity index (χ4n) is 3.17. The maximum atomic E-state index is 14.1. The predicted molar refractivity (Wildman–Crippen MR) is 94.0 cm³/mol. The summed E-state index contributed by atoms with van der Waals surface area (Å²) in [6.45, 7) is 0. The highest BCUT2D eigenvalue weighted by Gasteiger charge is 2.21. The third-order valence-electron chi connectivity index (χ3n) is 4.52. The molecule has 0 unspecified atom stereocenters. The smallest absolute Gasteiger partial charge is 0.183 e. The molecule has 1 fully saturated rings. The van der Waals surface area contributed by atoms with Crippen LogP contribution in [0.25, 0.3) is 22.4 Å². The van der Waals surface area contributed by atoms with E-state index in [0.29, 0.717) is 34.9 Å². The average molecular weight is 362 g/mol. The minimum absolute atomic E-state index is 0.0970. The molecular formula is C17H17ClFN5O. The molecular weight excluding hydrogens is 345 g/mol. The monoisotopic (exact) mass is 361 g/mol. The molecule has 8 heteroatoms. The van der Waals surface area contributed by atoms with Crippen LogP contribution in [0.5, 0.6) is 0 Å². The van der Waals surface area contributed by atoms with E-state index in [9.17, 15) is 9.50 Å². The van der Waals surface area contributed by atoms with E-state index < -0.39 is 5.82 Å². The van der Waals surface area contributed by atoms with Crippen LogP contribution in [0.3, 0.4) is 0 Å². The Morgan fingerprint density at radius 1 is 1.20 bits per heavy atom. The number of aliphatic hydroxyl groups excluding tert-OH is 1. The van der Waals surface area contributed by atoms with E-state index in [4.69, 9.17) is 11.6 Å². The second-order valence-corrected chi connectivity index (χ2v) is 6.73. The molecule has 0 spiro atoms. The molecule has 0 atom stereocenters. The fraction of sp³-hybridized carbons (Fsp3) is 0.353. The van der Waals surface area contributed by atoms with Crippen molar-refractivity contribution < 1.29 is 9.50 Å². The number of pyridine rings is 1.